The summed E-state index contributed by atoms with van der Waals surface area (Å²) in [4.78, 5) is 13.5. The first-order valence-electron chi connectivity index (χ1n) is 7.17. The molecule has 1 amide bonds. The summed E-state index contributed by atoms with van der Waals surface area (Å²) in [7, 11) is 3.20. The van der Waals surface area contributed by atoms with Crippen molar-refractivity contribution in [1.82, 2.24) is 0 Å². The number of carbonyl (C=O) groups is 1. The minimum atomic E-state index is -0.0720. The molecule has 2 aromatic rings. The predicted octanol–water partition coefficient (Wildman–Crippen LogP) is 3.83. The minimum absolute atomic E-state index is 0.0720. The summed E-state index contributed by atoms with van der Waals surface area (Å²) < 4.78 is 10.5. The molecule has 1 aliphatic heterocycles. The van der Waals surface area contributed by atoms with E-state index in [0.717, 1.165) is 21.7 Å². The number of benzene rings is 2. The van der Waals surface area contributed by atoms with Gasteiger partial charge in [0.1, 0.15) is 0 Å². The molecule has 3 rings (SSSR count). The fourth-order valence-electron chi connectivity index (χ4n) is 2.37. The van der Waals surface area contributed by atoms with Gasteiger partial charge in [-0.2, -0.15) is 0 Å². The van der Waals surface area contributed by atoms with Crippen LogP contribution in [0.5, 0.6) is 11.5 Å². The van der Waals surface area contributed by atoms with E-state index < -0.39 is 0 Å². The zero-order valence-corrected chi connectivity index (χ0v) is 13.8. The number of para-hydroxylation sites is 1. The quantitative estimate of drug-likeness (QED) is 0.870. The number of hydrogen-bond acceptors (Lipinski definition) is 4. The number of hydrogen-bond donors (Lipinski definition) is 1. The molecule has 0 saturated carbocycles. The highest BCUT2D eigenvalue weighted by Crippen LogP contribution is 2.33. The van der Waals surface area contributed by atoms with Crippen LogP contribution in [0.4, 0.5) is 5.69 Å². The average molecular weight is 327 g/mol. The highest BCUT2D eigenvalue weighted by molar-refractivity contribution is 7.99. The van der Waals surface area contributed by atoms with Crippen molar-refractivity contribution in [3.8, 4) is 11.5 Å². The first-order chi connectivity index (χ1) is 11.2. The maximum Gasteiger partial charge on any atom is 0.252 e. The number of nitrogens with one attached hydrogen (secondary N) is 1. The number of fused-ring (bicyclic) bond motifs is 1. The van der Waals surface area contributed by atoms with Gasteiger partial charge in [-0.25, -0.2) is 0 Å². The van der Waals surface area contributed by atoms with Crippen LogP contribution in [0.25, 0.3) is 6.08 Å². The van der Waals surface area contributed by atoms with E-state index in [1.807, 2.05) is 48.5 Å². The SMILES string of the molecule is COc1ccc(/C=C2\CSc3ccccc3NC2=O)cc1OC. The molecule has 0 aliphatic carbocycles. The van der Waals surface area contributed by atoms with Crippen molar-refractivity contribution in [2.45, 2.75) is 4.90 Å². The van der Waals surface area contributed by atoms with Crippen molar-refractivity contribution in [1.29, 1.82) is 0 Å². The molecule has 0 aromatic heterocycles. The third kappa shape index (κ3) is 3.35. The molecule has 4 nitrogen and oxygen atoms in total. The van der Waals surface area contributed by atoms with Crippen LogP contribution < -0.4 is 14.8 Å². The molecule has 2 aromatic carbocycles. The summed E-state index contributed by atoms with van der Waals surface area (Å²) in [5.74, 6) is 1.86. The molecule has 5 heteroatoms. The molecule has 1 heterocycles. The van der Waals surface area contributed by atoms with Crippen molar-refractivity contribution >= 4 is 29.4 Å². The van der Waals surface area contributed by atoms with Gasteiger partial charge in [0.15, 0.2) is 11.5 Å². The lowest BCUT2D eigenvalue weighted by atomic mass is 10.1. The van der Waals surface area contributed by atoms with Crippen LogP contribution in [-0.4, -0.2) is 25.9 Å². The van der Waals surface area contributed by atoms with E-state index in [4.69, 9.17) is 9.47 Å². The number of amides is 1. The first kappa shape index (κ1) is 15.5. The van der Waals surface area contributed by atoms with Gasteiger partial charge in [-0.05, 0) is 35.9 Å². The van der Waals surface area contributed by atoms with E-state index in [9.17, 15) is 4.79 Å². The molecule has 0 radical (unpaired) electrons. The van der Waals surface area contributed by atoms with Gasteiger partial charge in [-0.1, -0.05) is 18.2 Å². The van der Waals surface area contributed by atoms with Crippen LogP contribution in [0.3, 0.4) is 0 Å². The number of rotatable bonds is 3. The van der Waals surface area contributed by atoms with E-state index in [1.165, 1.54) is 0 Å². The Morgan fingerprint density at radius 1 is 1.09 bits per heavy atom. The fourth-order valence-corrected chi connectivity index (χ4v) is 3.35. The van der Waals surface area contributed by atoms with Crippen molar-refractivity contribution in [3.05, 3.63) is 53.6 Å². The number of thioether (sulfide) groups is 1. The third-order valence-corrected chi connectivity index (χ3v) is 4.68. The number of methoxy groups -OCH3 is 2. The molecule has 0 fully saturated rings. The number of carbonyl (C=O) groups excluding carboxylic acids is 1. The lowest BCUT2D eigenvalue weighted by Crippen LogP contribution is -2.13. The Morgan fingerprint density at radius 2 is 1.87 bits per heavy atom. The summed E-state index contributed by atoms with van der Waals surface area (Å²) in [5.41, 5.74) is 2.48. The molecule has 0 bridgehead atoms. The van der Waals surface area contributed by atoms with Gasteiger partial charge in [0.2, 0.25) is 0 Å². The Labute approximate surface area is 139 Å². The topological polar surface area (TPSA) is 47.6 Å². The second-order valence-corrected chi connectivity index (χ2v) is 6.04. The van der Waals surface area contributed by atoms with Gasteiger partial charge >= 0.3 is 0 Å². The second-order valence-electron chi connectivity index (χ2n) is 5.02. The van der Waals surface area contributed by atoms with Crippen LogP contribution in [0.2, 0.25) is 0 Å². The van der Waals surface area contributed by atoms with Crippen LogP contribution in [-0.2, 0) is 4.79 Å². The molecule has 23 heavy (non-hydrogen) atoms. The summed E-state index contributed by atoms with van der Waals surface area (Å²) in [5, 5.41) is 2.96. The molecule has 118 valence electrons. The van der Waals surface area contributed by atoms with E-state index in [1.54, 1.807) is 26.0 Å². The molecular weight excluding hydrogens is 310 g/mol. The maximum atomic E-state index is 12.4. The monoisotopic (exact) mass is 327 g/mol. The zero-order valence-electron chi connectivity index (χ0n) is 13.0. The number of anilines is 1. The van der Waals surface area contributed by atoms with Gasteiger partial charge < -0.3 is 14.8 Å². The van der Waals surface area contributed by atoms with E-state index in [2.05, 4.69) is 5.32 Å². The molecule has 1 aliphatic rings. The third-order valence-electron chi connectivity index (χ3n) is 3.56. The summed E-state index contributed by atoms with van der Waals surface area (Å²) in [6, 6.07) is 13.4. The number of ether oxygens (including phenoxy) is 2. The summed E-state index contributed by atoms with van der Waals surface area (Å²) in [6.07, 6.45) is 1.89. The first-order valence-corrected chi connectivity index (χ1v) is 8.15. The van der Waals surface area contributed by atoms with E-state index in [-0.39, 0.29) is 5.91 Å². The molecule has 0 unspecified atom stereocenters. The molecule has 1 N–H and O–H groups in total. The second kappa shape index (κ2) is 6.79. The van der Waals surface area contributed by atoms with Gasteiger partial charge in [-0.3, -0.25) is 4.79 Å². The van der Waals surface area contributed by atoms with Crippen LogP contribution in [0.15, 0.2) is 52.9 Å². The smallest absolute Gasteiger partial charge is 0.252 e. The Morgan fingerprint density at radius 3 is 2.65 bits per heavy atom. The molecule has 0 saturated heterocycles. The van der Waals surface area contributed by atoms with Crippen LogP contribution in [0.1, 0.15) is 5.56 Å². The van der Waals surface area contributed by atoms with E-state index >= 15 is 0 Å². The van der Waals surface area contributed by atoms with Gasteiger partial charge in [0.25, 0.3) is 5.91 Å². The Bertz CT molecular complexity index is 771. The van der Waals surface area contributed by atoms with Crippen molar-refractivity contribution in [2.75, 3.05) is 25.3 Å². The minimum Gasteiger partial charge on any atom is -0.493 e. The standard InChI is InChI=1S/C18H17NO3S/c1-21-15-8-7-12(10-16(15)22-2)9-13-11-23-17-6-4-3-5-14(17)19-18(13)20/h3-10H,11H2,1-2H3,(H,19,20)/b13-9+. The van der Waals surface area contributed by atoms with E-state index in [0.29, 0.717) is 17.3 Å². The predicted molar refractivity (Wildman–Crippen MR) is 93.3 cm³/mol. The normalized spacial score (nSPS) is 15.6. The van der Waals surface area contributed by atoms with Gasteiger partial charge in [-0.15, -0.1) is 11.8 Å². The maximum absolute atomic E-state index is 12.4. The largest absolute Gasteiger partial charge is 0.493 e. The lowest BCUT2D eigenvalue weighted by molar-refractivity contribution is -0.112. The Hall–Kier alpha value is -2.40. The van der Waals surface area contributed by atoms with Crippen LogP contribution >= 0.6 is 11.8 Å². The van der Waals surface area contributed by atoms with Crippen molar-refractivity contribution in [3.63, 3.8) is 0 Å². The average Bonchev–Trinajstić information content (AvgIpc) is 2.74. The molecule has 0 atom stereocenters. The lowest BCUT2D eigenvalue weighted by Gasteiger charge is -2.08. The van der Waals surface area contributed by atoms with Crippen molar-refractivity contribution in [2.24, 2.45) is 0 Å². The summed E-state index contributed by atoms with van der Waals surface area (Å²) >= 11 is 1.65. The summed E-state index contributed by atoms with van der Waals surface area (Å²) in [6.45, 7) is 0. The van der Waals surface area contributed by atoms with Gasteiger partial charge in [0.05, 0.1) is 19.9 Å². The highest BCUT2D eigenvalue weighted by atomic mass is 32.2. The van der Waals surface area contributed by atoms with Crippen molar-refractivity contribution < 1.29 is 14.3 Å². The zero-order chi connectivity index (χ0) is 16.2. The molecular formula is C18H17NO3S. The van der Waals surface area contributed by atoms with Crippen LogP contribution in [0, 0.1) is 0 Å². The molecule has 0 spiro atoms. The highest BCUT2D eigenvalue weighted by Gasteiger charge is 2.17. The fraction of sp³-hybridized carbons (Fsp3) is 0.167. The Balaban J connectivity index is 1.90. The van der Waals surface area contributed by atoms with Gasteiger partial charge in [0, 0.05) is 16.2 Å². The Kier molecular flexibility index (Phi) is 4.57.